The third kappa shape index (κ3) is 5.61. The highest BCUT2D eigenvalue weighted by atomic mass is 19.4. The molecule has 1 saturated heterocycles. The quantitative estimate of drug-likeness (QED) is 0.295. The molecule has 13 heteroatoms. The van der Waals surface area contributed by atoms with Crippen LogP contribution >= 0.6 is 0 Å². The smallest absolute Gasteiger partial charge is 0.340 e. The van der Waals surface area contributed by atoms with Gasteiger partial charge in [0.1, 0.15) is 11.5 Å². The third-order valence-corrected chi connectivity index (χ3v) is 6.23. The van der Waals surface area contributed by atoms with Gasteiger partial charge in [-0.2, -0.15) is 26.3 Å². The molecule has 1 amide bonds. The van der Waals surface area contributed by atoms with Crippen molar-refractivity contribution in [2.24, 2.45) is 0 Å². The lowest BCUT2D eigenvalue weighted by Gasteiger charge is -2.26. The summed E-state index contributed by atoms with van der Waals surface area (Å²) in [5, 5.41) is 3.14. The Kier molecular flexibility index (Phi) is 6.83. The van der Waals surface area contributed by atoms with Gasteiger partial charge in [-0.3, -0.25) is 9.78 Å². The van der Waals surface area contributed by atoms with E-state index in [4.69, 9.17) is 0 Å². The van der Waals surface area contributed by atoms with Gasteiger partial charge < -0.3 is 10.2 Å². The Bertz CT molecular complexity index is 1510. The average molecular weight is 546 g/mol. The number of likely N-dealkylation sites (tertiary alicyclic amines) is 1. The highest BCUT2D eigenvalue weighted by Crippen LogP contribution is 2.36. The van der Waals surface area contributed by atoms with Crippen molar-refractivity contribution < 1.29 is 31.1 Å². The lowest BCUT2D eigenvalue weighted by Crippen LogP contribution is -2.36. The summed E-state index contributed by atoms with van der Waals surface area (Å²) in [6, 6.07) is 8.97. The zero-order valence-electron chi connectivity index (χ0n) is 20.1. The lowest BCUT2D eigenvalue weighted by molar-refractivity contribution is -0.138. The Morgan fingerprint density at radius 1 is 0.821 bits per heavy atom. The van der Waals surface area contributed by atoms with Crippen molar-refractivity contribution in [1.82, 2.24) is 24.8 Å². The van der Waals surface area contributed by atoms with Gasteiger partial charge in [-0.15, -0.1) is 0 Å². The van der Waals surface area contributed by atoms with E-state index in [2.05, 4.69) is 25.3 Å². The van der Waals surface area contributed by atoms with Crippen LogP contribution in [0.25, 0.3) is 22.4 Å². The number of nitrogens with zero attached hydrogens (tertiary/aromatic N) is 5. The Morgan fingerprint density at radius 3 is 2.21 bits per heavy atom. The van der Waals surface area contributed by atoms with Crippen LogP contribution in [0.5, 0.6) is 0 Å². The summed E-state index contributed by atoms with van der Waals surface area (Å²) in [6.07, 6.45) is -5.42. The topological polar surface area (TPSA) is 83.9 Å². The molecule has 4 aromatic rings. The van der Waals surface area contributed by atoms with E-state index in [9.17, 15) is 31.1 Å². The summed E-state index contributed by atoms with van der Waals surface area (Å²) < 4.78 is 79.8. The number of carbonyl (C=O) groups excluding carboxylic acids is 1. The maximum Gasteiger partial charge on any atom is 0.418 e. The van der Waals surface area contributed by atoms with Crippen LogP contribution in [0.4, 0.5) is 37.8 Å². The van der Waals surface area contributed by atoms with Crippen LogP contribution in [0, 0.1) is 0 Å². The molecule has 1 N–H and O–H groups in total. The fourth-order valence-corrected chi connectivity index (χ4v) is 4.29. The number of hydrogen-bond donors (Lipinski definition) is 1. The average Bonchev–Trinajstić information content (AvgIpc) is 2.92. The van der Waals surface area contributed by atoms with Crippen molar-refractivity contribution >= 4 is 28.4 Å². The number of amides is 1. The van der Waals surface area contributed by atoms with Gasteiger partial charge in [-0.1, -0.05) is 0 Å². The number of fused-ring (bicyclic) bond motifs is 1. The largest absolute Gasteiger partial charge is 0.418 e. The Hall–Kier alpha value is -4.29. The van der Waals surface area contributed by atoms with E-state index in [1.165, 1.54) is 30.5 Å². The van der Waals surface area contributed by atoms with Crippen molar-refractivity contribution in [3.63, 3.8) is 0 Å². The minimum absolute atomic E-state index is 0.0660. The van der Waals surface area contributed by atoms with Crippen LogP contribution in [0.15, 0.2) is 54.7 Å². The van der Waals surface area contributed by atoms with Crippen LogP contribution in [0.2, 0.25) is 0 Å². The molecule has 0 saturated carbocycles. The molecule has 39 heavy (non-hydrogen) atoms. The standard InChI is InChI=1S/C26H20F6N6O/c27-25(28,29)15-6-8-16(9-7-15)34-21-17-10-11-19(20-18(26(30,31)32)5-4-12-33-20)35-22(17)37-23(36-21)24(39)38-13-2-1-3-14-38/h4-12H,1-3,13-14H2,(H,34,35,36,37). The summed E-state index contributed by atoms with van der Waals surface area (Å²) in [4.78, 5) is 31.5. The fraction of sp³-hybridized carbons (Fsp3) is 0.269. The van der Waals surface area contributed by atoms with E-state index in [1.807, 2.05) is 0 Å². The predicted octanol–water partition coefficient (Wildman–Crippen LogP) is 6.49. The summed E-state index contributed by atoms with van der Waals surface area (Å²) in [5.74, 6) is -0.648. The van der Waals surface area contributed by atoms with Crippen molar-refractivity contribution in [2.75, 3.05) is 18.4 Å². The van der Waals surface area contributed by atoms with Gasteiger partial charge in [0.25, 0.3) is 5.91 Å². The number of hydrogen-bond acceptors (Lipinski definition) is 6. The number of piperidine rings is 1. The Labute approximate surface area is 217 Å². The van der Waals surface area contributed by atoms with E-state index in [0.29, 0.717) is 13.1 Å². The summed E-state index contributed by atoms with van der Waals surface area (Å²) in [5.41, 5.74) is -2.19. The molecule has 202 valence electrons. The molecule has 0 unspecified atom stereocenters. The minimum atomic E-state index is -4.68. The normalized spacial score (nSPS) is 14.5. The molecular weight excluding hydrogens is 526 g/mol. The Balaban J connectivity index is 1.61. The van der Waals surface area contributed by atoms with Crippen LogP contribution in [0.1, 0.15) is 41.0 Å². The zero-order valence-corrected chi connectivity index (χ0v) is 20.1. The monoisotopic (exact) mass is 546 g/mol. The molecule has 4 heterocycles. The molecule has 0 bridgehead atoms. The first kappa shape index (κ1) is 26.3. The molecule has 5 rings (SSSR count). The van der Waals surface area contributed by atoms with Gasteiger partial charge in [0.05, 0.1) is 22.2 Å². The summed E-state index contributed by atoms with van der Waals surface area (Å²) in [7, 11) is 0. The third-order valence-electron chi connectivity index (χ3n) is 6.23. The van der Waals surface area contributed by atoms with Crippen molar-refractivity contribution in [3.05, 3.63) is 71.7 Å². The van der Waals surface area contributed by atoms with E-state index in [0.717, 1.165) is 43.5 Å². The van der Waals surface area contributed by atoms with Crippen LogP contribution in [-0.2, 0) is 12.4 Å². The first-order chi connectivity index (χ1) is 18.5. The molecule has 0 atom stereocenters. The fourth-order valence-electron chi connectivity index (χ4n) is 4.29. The van der Waals surface area contributed by atoms with Gasteiger partial charge in [0, 0.05) is 25.0 Å². The van der Waals surface area contributed by atoms with E-state index in [1.54, 1.807) is 4.90 Å². The van der Waals surface area contributed by atoms with Gasteiger partial charge in [-0.25, -0.2) is 15.0 Å². The molecule has 1 aliphatic heterocycles. The van der Waals surface area contributed by atoms with E-state index in [-0.39, 0.29) is 34.1 Å². The first-order valence-corrected chi connectivity index (χ1v) is 12.0. The van der Waals surface area contributed by atoms with Crippen molar-refractivity contribution in [3.8, 4) is 11.4 Å². The predicted molar refractivity (Wildman–Crippen MR) is 130 cm³/mol. The second-order valence-electron chi connectivity index (χ2n) is 8.91. The number of pyridine rings is 2. The summed E-state index contributed by atoms with van der Waals surface area (Å²) in [6.45, 7) is 0.997. The molecule has 1 aromatic carbocycles. The number of carbonyl (C=O) groups is 1. The number of alkyl halides is 6. The zero-order chi connectivity index (χ0) is 27.8. The maximum absolute atomic E-state index is 13.6. The molecular formula is C26H20F6N6O. The van der Waals surface area contributed by atoms with E-state index >= 15 is 0 Å². The SMILES string of the molecule is O=C(c1nc(Nc2ccc(C(F)(F)F)cc2)c2ccc(-c3ncccc3C(F)(F)F)nc2n1)N1CCCCC1. The van der Waals surface area contributed by atoms with Crippen LogP contribution in [0.3, 0.4) is 0 Å². The number of nitrogens with one attached hydrogen (secondary N) is 1. The number of aromatic nitrogens is 4. The van der Waals surface area contributed by atoms with Crippen molar-refractivity contribution in [1.29, 1.82) is 0 Å². The van der Waals surface area contributed by atoms with Gasteiger partial charge in [-0.05, 0) is 67.8 Å². The molecule has 3 aromatic heterocycles. The molecule has 0 radical (unpaired) electrons. The van der Waals surface area contributed by atoms with Gasteiger partial charge in [0.2, 0.25) is 5.82 Å². The number of rotatable bonds is 4. The highest BCUT2D eigenvalue weighted by Gasteiger charge is 2.35. The lowest BCUT2D eigenvalue weighted by atomic mass is 10.1. The Morgan fingerprint density at radius 2 is 1.54 bits per heavy atom. The van der Waals surface area contributed by atoms with E-state index < -0.39 is 35.1 Å². The molecule has 1 aliphatic rings. The first-order valence-electron chi connectivity index (χ1n) is 12.0. The van der Waals surface area contributed by atoms with Gasteiger partial charge >= 0.3 is 12.4 Å². The second-order valence-corrected chi connectivity index (χ2v) is 8.91. The number of halogens is 6. The molecule has 1 fully saturated rings. The number of anilines is 2. The minimum Gasteiger partial charge on any atom is -0.340 e. The highest BCUT2D eigenvalue weighted by molar-refractivity contribution is 5.96. The number of benzene rings is 1. The van der Waals surface area contributed by atoms with Gasteiger partial charge in [0.15, 0.2) is 5.65 Å². The van der Waals surface area contributed by atoms with Crippen LogP contribution in [-0.4, -0.2) is 43.8 Å². The molecule has 0 spiro atoms. The second kappa shape index (κ2) is 10.1. The molecule has 7 nitrogen and oxygen atoms in total. The van der Waals surface area contributed by atoms with Crippen LogP contribution < -0.4 is 5.32 Å². The van der Waals surface area contributed by atoms with Crippen molar-refractivity contribution in [2.45, 2.75) is 31.6 Å². The summed E-state index contributed by atoms with van der Waals surface area (Å²) >= 11 is 0. The molecule has 0 aliphatic carbocycles. The maximum atomic E-state index is 13.6.